The molecular weight excluding hydrogens is 186 g/mol. The van der Waals surface area contributed by atoms with Crippen LogP contribution in [0.5, 0.6) is 0 Å². The quantitative estimate of drug-likeness (QED) is 0.576. The van der Waals surface area contributed by atoms with Crippen molar-refractivity contribution >= 4 is 17.8 Å². The van der Waals surface area contributed by atoms with Gasteiger partial charge in [-0.05, 0) is 13.8 Å². The van der Waals surface area contributed by atoms with Gasteiger partial charge in [-0.2, -0.15) is 0 Å². The van der Waals surface area contributed by atoms with Crippen LogP contribution in [0.1, 0.15) is 13.8 Å². The molecule has 0 aromatic heterocycles. The number of amides is 4. The van der Waals surface area contributed by atoms with Gasteiger partial charge in [0.25, 0.3) is 5.91 Å². The van der Waals surface area contributed by atoms with Crippen LogP contribution in [0.3, 0.4) is 0 Å². The molecule has 0 radical (unpaired) electrons. The van der Waals surface area contributed by atoms with E-state index in [1.54, 1.807) is 0 Å². The fourth-order valence-electron chi connectivity index (χ4n) is 1.13. The number of imide groups is 1. The average molecular weight is 199 g/mol. The van der Waals surface area contributed by atoms with Gasteiger partial charge in [-0.25, -0.2) is 4.79 Å². The number of rotatable bonds is 3. The summed E-state index contributed by atoms with van der Waals surface area (Å²) < 4.78 is 0. The third-order valence-electron chi connectivity index (χ3n) is 1.69. The Balaban J connectivity index is 2.47. The highest BCUT2D eigenvalue weighted by atomic mass is 16.2. The standard InChI is InChI=1S/C8H13N3O3/c1-5(2)10-6(12)4-11-7(13)3-9-8(11)14/h5H,3-4H2,1-2H3,(H,9,14)(H,10,12). The molecule has 0 atom stereocenters. The van der Waals surface area contributed by atoms with E-state index in [0.717, 1.165) is 4.90 Å². The van der Waals surface area contributed by atoms with Crippen molar-refractivity contribution in [1.82, 2.24) is 15.5 Å². The number of hydrogen-bond acceptors (Lipinski definition) is 3. The lowest BCUT2D eigenvalue weighted by atomic mass is 10.4. The van der Waals surface area contributed by atoms with Gasteiger partial charge in [0.15, 0.2) is 0 Å². The van der Waals surface area contributed by atoms with Gasteiger partial charge in [0.1, 0.15) is 6.54 Å². The van der Waals surface area contributed by atoms with Gasteiger partial charge >= 0.3 is 6.03 Å². The van der Waals surface area contributed by atoms with Gasteiger partial charge in [0.05, 0.1) is 6.54 Å². The molecule has 78 valence electrons. The fraction of sp³-hybridized carbons (Fsp3) is 0.625. The number of nitrogens with zero attached hydrogens (tertiary/aromatic N) is 1. The highest BCUT2D eigenvalue weighted by Gasteiger charge is 2.29. The van der Waals surface area contributed by atoms with Crippen LogP contribution in [0.4, 0.5) is 4.79 Å². The second kappa shape index (κ2) is 4.08. The van der Waals surface area contributed by atoms with E-state index in [1.807, 2.05) is 13.8 Å². The zero-order valence-corrected chi connectivity index (χ0v) is 8.16. The van der Waals surface area contributed by atoms with E-state index in [4.69, 9.17) is 0 Å². The number of urea groups is 1. The zero-order valence-electron chi connectivity index (χ0n) is 8.16. The van der Waals surface area contributed by atoms with Gasteiger partial charge in [-0.15, -0.1) is 0 Å². The number of nitrogens with one attached hydrogen (secondary N) is 2. The van der Waals surface area contributed by atoms with Gasteiger partial charge in [-0.3, -0.25) is 14.5 Å². The van der Waals surface area contributed by atoms with Gasteiger partial charge < -0.3 is 10.6 Å². The third-order valence-corrected chi connectivity index (χ3v) is 1.69. The predicted octanol–water partition coefficient (Wildman–Crippen LogP) is -0.937. The Morgan fingerprint density at radius 2 is 2.21 bits per heavy atom. The van der Waals surface area contributed by atoms with Crippen LogP contribution in [-0.2, 0) is 9.59 Å². The van der Waals surface area contributed by atoms with Crippen molar-refractivity contribution < 1.29 is 14.4 Å². The van der Waals surface area contributed by atoms with Crippen LogP contribution in [0.25, 0.3) is 0 Å². The molecule has 1 aliphatic rings. The van der Waals surface area contributed by atoms with E-state index in [2.05, 4.69) is 10.6 Å². The first-order valence-corrected chi connectivity index (χ1v) is 4.38. The van der Waals surface area contributed by atoms with E-state index in [0.29, 0.717) is 0 Å². The molecule has 4 amide bonds. The summed E-state index contributed by atoms with van der Waals surface area (Å²) >= 11 is 0. The van der Waals surface area contributed by atoms with E-state index in [1.165, 1.54) is 0 Å². The van der Waals surface area contributed by atoms with Crippen LogP contribution in [0, 0.1) is 0 Å². The molecule has 14 heavy (non-hydrogen) atoms. The predicted molar refractivity (Wildman–Crippen MR) is 48.4 cm³/mol. The molecule has 1 aliphatic heterocycles. The molecule has 0 saturated carbocycles. The van der Waals surface area contributed by atoms with E-state index < -0.39 is 6.03 Å². The molecule has 0 aromatic rings. The Morgan fingerprint density at radius 1 is 1.57 bits per heavy atom. The molecule has 0 unspecified atom stereocenters. The topological polar surface area (TPSA) is 78.5 Å². The summed E-state index contributed by atoms with van der Waals surface area (Å²) in [6, 6.07) is -0.503. The van der Waals surface area contributed by atoms with Gasteiger partial charge in [-0.1, -0.05) is 0 Å². The summed E-state index contributed by atoms with van der Waals surface area (Å²) in [5.74, 6) is -0.695. The number of carbonyl (C=O) groups is 3. The lowest BCUT2D eigenvalue weighted by Crippen LogP contribution is -2.42. The lowest BCUT2D eigenvalue weighted by Gasteiger charge is -2.13. The smallest absolute Gasteiger partial charge is 0.325 e. The second-order valence-electron chi connectivity index (χ2n) is 3.36. The summed E-state index contributed by atoms with van der Waals surface area (Å²) in [7, 11) is 0. The Labute approximate surface area is 81.6 Å². The Hall–Kier alpha value is -1.59. The first-order chi connectivity index (χ1) is 6.50. The van der Waals surface area contributed by atoms with Gasteiger partial charge in [0.2, 0.25) is 5.91 Å². The van der Waals surface area contributed by atoms with Crippen molar-refractivity contribution in [2.45, 2.75) is 19.9 Å². The summed E-state index contributed by atoms with van der Waals surface area (Å²) in [5.41, 5.74) is 0. The maximum atomic E-state index is 11.2. The minimum absolute atomic E-state index is 0.00302. The molecule has 6 heteroatoms. The molecule has 0 aliphatic carbocycles. The summed E-state index contributed by atoms with van der Waals surface area (Å²) in [5, 5.41) is 4.93. The maximum Gasteiger partial charge on any atom is 0.325 e. The van der Waals surface area contributed by atoms with Crippen molar-refractivity contribution in [2.75, 3.05) is 13.1 Å². The molecule has 0 bridgehead atoms. The van der Waals surface area contributed by atoms with Crippen molar-refractivity contribution in [3.63, 3.8) is 0 Å². The van der Waals surface area contributed by atoms with Crippen molar-refractivity contribution in [3.8, 4) is 0 Å². The van der Waals surface area contributed by atoms with E-state index in [-0.39, 0.29) is 30.9 Å². The first kappa shape index (κ1) is 10.5. The Bertz CT molecular complexity index is 259. The highest BCUT2D eigenvalue weighted by molar-refractivity contribution is 6.04. The molecule has 1 fully saturated rings. The summed E-state index contributed by atoms with van der Waals surface area (Å²) in [6.07, 6.45) is 0. The molecule has 2 N–H and O–H groups in total. The average Bonchev–Trinajstić information content (AvgIpc) is 2.34. The summed E-state index contributed by atoms with van der Waals surface area (Å²) in [4.78, 5) is 34.2. The molecule has 0 aromatic carbocycles. The second-order valence-corrected chi connectivity index (χ2v) is 3.36. The SMILES string of the molecule is CC(C)NC(=O)CN1C(=O)CNC1=O. The maximum absolute atomic E-state index is 11.2. The van der Waals surface area contributed by atoms with Crippen molar-refractivity contribution in [3.05, 3.63) is 0 Å². The molecule has 1 saturated heterocycles. The third kappa shape index (κ3) is 2.45. The monoisotopic (exact) mass is 199 g/mol. The largest absolute Gasteiger partial charge is 0.352 e. The molecule has 1 rings (SSSR count). The fourth-order valence-corrected chi connectivity index (χ4v) is 1.13. The Kier molecular flexibility index (Phi) is 3.06. The first-order valence-electron chi connectivity index (χ1n) is 4.38. The number of carbonyl (C=O) groups excluding carboxylic acids is 3. The van der Waals surface area contributed by atoms with Crippen LogP contribution >= 0.6 is 0 Å². The normalized spacial score (nSPS) is 16.1. The lowest BCUT2D eigenvalue weighted by molar-refractivity contribution is -0.130. The molecule has 1 heterocycles. The van der Waals surface area contributed by atoms with Gasteiger partial charge in [0, 0.05) is 6.04 Å². The Morgan fingerprint density at radius 3 is 2.64 bits per heavy atom. The van der Waals surface area contributed by atoms with Crippen LogP contribution in [0.15, 0.2) is 0 Å². The van der Waals surface area contributed by atoms with Crippen molar-refractivity contribution in [1.29, 1.82) is 0 Å². The van der Waals surface area contributed by atoms with Crippen molar-refractivity contribution in [2.24, 2.45) is 0 Å². The van der Waals surface area contributed by atoms with Crippen LogP contribution in [0.2, 0.25) is 0 Å². The molecule has 6 nitrogen and oxygen atoms in total. The zero-order chi connectivity index (χ0) is 10.7. The van der Waals surface area contributed by atoms with E-state index in [9.17, 15) is 14.4 Å². The van der Waals surface area contributed by atoms with Crippen LogP contribution < -0.4 is 10.6 Å². The van der Waals surface area contributed by atoms with E-state index >= 15 is 0 Å². The molecular formula is C8H13N3O3. The number of hydrogen-bond donors (Lipinski definition) is 2. The minimum Gasteiger partial charge on any atom is -0.352 e. The summed E-state index contributed by atoms with van der Waals surface area (Å²) in [6.45, 7) is 3.39. The van der Waals surface area contributed by atoms with Crippen LogP contribution in [-0.4, -0.2) is 41.9 Å². The highest BCUT2D eigenvalue weighted by Crippen LogP contribution is 1.97. The molecule has 0 spiro atoms. The minimum atomic E-state index is -0.506.